The highest BCUT2D eigenvalue weighted by molar-refractivity contribution is 9.10. The van der Waals surface area contributed by atoms with E-state index in [0.717, 1.165) is 4.47 Å². The van der Waals surface area contributed by atoms with Gasteiger partial charge in [0.15, 0.2) is 0 Å². The fourth-order valence-electron chi connectivity index (χ4n) is 0.968. The summed E-state index contributed by atoms with van der Waals surface area (Å²) in [7, 11) is 1.51. The van der Waals surface area contributed by atoms with Crippen LogP contribution in [0.25, 0.3) is 0 Å². The monoisotopic (exact) mass is 259 g/mol. The Hall–Kier alpha value is -1.07. The number of carbonyl (C=O) groups is 1. The number of amides is 1. The lowest BCUT2D eigenvalue weighted by Crippen LogP contribution is -2.15. The minimum Gasteiger partial charge on any atom is -0.495 e. The van der Waals surface area contributed by atoms with Crippen molar-refractivity contribution in [3.05, 3.63) is 22.7 Å². The maximum absolute atomic E-state index is 10.9. The molecule has 0 radical (unpaired) electrons. The second kappa shape index (κ2) is 4.97. The van der Waals surface area contributed by atoms with E-state index in [0.29, 0.717) is 11.4 Å². The lowest BCUT2D eigenvalue weighted by molar-refractivity contribution is -0.118. The number of anilines is 1. The van der Waals surface area contributed by atoms with Crippen molar-refractivity contribution in [2.75, 3.05) is 19.0 Å². The molecule has 1 aromatic rings. The van der Waals surface area contributed by atoms with Crippen molar-refractivity contribution in [3.8, 4) is 5.75 Å². The summed E-state index contributed by atoms with van der Waals surface area (Å²) in [6.07, 6.45) is 0. The van der Waals surface area contributed by atoms with Crippen LogP contribution in [0.3, 0.4) is 0 Å². The van der Waals surface area contributed by atoms with Crippen LogP contribution in [-0.2, 0) is 4.79 Å². The number of ether oxygens (including phenoxy) is 1. The fourth-order valence-corrected chi connectivity index (χ4v) is 1.33. The van der Waals surface area contributed by atoms with Crippen molar-refractivity contribution in [2.24, 2.45) is 0 Å². The quantitative estimate of drug-likeness (QED) is 0.863. The van der Waals surface area contributed by atoms with Crippen LogP contribution in [0.2, 0.25) is 0 Å². The van der Waals surface area contributed by atoms with E-state index < -0.39 is 12.5 Å². The maximum atomic E-state index is 10.9. The van der Waals surface area contributed by atoms with Crippen LogP contribution in [0, 0.1) is 0 Å². The van der Waals surface area contributed by atoms with Crippen LogP contribution in [0.15, 0.2) is 22.7 Å². The van der Waals surface area contributed by atoms with E-state index >= 15 is 0 Å². The molecule has 2 N–H and O–H groups in total. The SMILES string of the molecule is COc1ccc(Br)cc1NC(=O)CO. The number of aliphatic hydroxyl groups is 1. The summed E-state index contributed by atoms with van der Waals surface area (Å²) in [4.78, 5) is 10.9. The van der Waals surface area contributed by atoms with Crippen LogP contribution in [0.4, 0.5) is 5.69 Å². The highest BCUT2D eigenvalue weighted by atomic mass is 79.9. The van der Waals surface area contributed by atoms with Crippen molar-refractivity contribution in [3.63, 3.8) is 0 Å². The van der Waals surface area contributed by atoms with Gasteiger partial charge in [-0.05, 0) is 18.2 Å². The summed E-state index contributed by atoms with van der Waals surface area (Å²) < 4.78 is 5.85. The van der Waals surface area contributed by atoms with E-state index in [1.807, 2.05) is 0 Å². The molecule has 1 aromatic carbocycles. The number of methoxy groups -OCH3 is 1. The molecule has 0 aliphatic heterocycles. The summed E-state index contributed by atoms with van der Waals surface area (Å²) >= 11 is 3.27. The number of rotatable bonds is 3. The summed E-state index contributed by atoms with van der Waals surface area (Å²) in [5.41, 5.74) is 0.529. The molecule has 0 atom stereocenters. The molecule has 0 heterocycles. The second-order valence-corrected chi connectivity index (χ2v) is 3.47. The molecular weight excluding hydrogens is 250 g/mol. The largest absolute Gasteiger partial charge is 0.495 e. The molecular formula is C9H10BrNO3. The third-order valence-electron chi connectivity index (χ3n) is 1.58. The molecule has 0 bridgehead atoms. The van der Waals surface area contributed by atoms with Crippen molar-refractivity contribution in [2.45, 2.75) is 0 Å². The normalized spacial score (nSPS) is 9.64. The smallest absolute Gasteiger partial charge is 0.250 e. The molecule has 0 spiro atoms. The molecule has 5 heteroatoms. The average molecular weight is 260 g/mol. The zero-order valence-corrected chi connectivity index (χ0v) is 9.17. The predicted octanol–water partition coefficient (Wildman–Crippen LogP) is 1.39. The van der Waals surface area contributed by atoms with Gasteiger partial charge in [-0.15, -0.1) is 0 Å². The minimum atomic E-state index is -0.546. The molecule has 0 saturated heterocycles. The fraction of sp³-hybridized carbons (Fsp3) is 0.222. The van der Waals surface area contributed by atoms with Crippen molar-refractivity contribution >= 4 is 27.5 Å². The molecule has 0 aliphatic rings. The topological polar surface area (TPSA) is 58.6 Å². The standard InChI is InChI=1S/C9H10BrNO3/c1-14-8-3-2-6(10)4-7(8)11-9(13)5-12/h2-4,12H,5H2,1H3,(H,11,13). The molecule has 0 saturated carbocycles. The van der Waals surface area contributed by atoms with Gasteiger partial charge >= 0.3 is 0 Å². The summed E-state index contributed by atoms with van der Waals surface area (Å²) in [6, 6.07) is 5.22. The number of hydrogen-bond acceptors (Lipinski definition) is 3. The number of carbonyl (C=O) groups excluding carboxylic acids is 1. The van der Waals surface area contributed by atoms with Crippen LogP contribution < -0.4 is 10.1 Å². The Labute approximate surface area is 90.0 Å². The lowest BCUT2D eigenvalue weighted by atomic mass is 10.3. The number of aliphatic hydroxyl groups excluding tert-OH is 1. The molecule has 1 rings (SSSR count). The van der Waals surface area contributed by atoms with E-state index in [-0.39, 0.29) is 0 Å². The Morgan fingerprint density at radius 1 is 1.64 bits per heavy atom. The highest BCUT2D eigenvalue weighted by Crippen LogP contribution is 2.27. The van der Waals surface area contributed by atoms with Gasteiger partial charge in [0.2, 0.25) is 5.91 Å². The van der Waals surface area contributed by atoms with Crippen LogP contribution in [0.1, 0.15) is 0 Å². The first-order valence-electron chi connectivity index (χ1n) is 3.91. The zero-order valence-electron chi connectivity index (χ0n) is 7.58. The van der Waals surface area contributed by atoms with Crippen LogP contribution >= 0.6 is 15.9 Å². The van der Waals surface area contributed by atoms with E-state index in [4.69, 9.17) is 9.84 Å². The maximum Gasteiger partial charge on any atom is 0.250 e. The summed E-state index contributed by atoms with van der Waals surface area (Å²) in [5.74, 6) is 0.0800. The highest BCUT2D eigenvalue weighted by Gasteiger charge is 2.06. The molecule has 14 heavy (non-hydrogen) atoms. The van der Waals surface area contributed by atoms with Gasteiger partial charge in [-0.3, -0.25) is 4.79 Å². The number of benzene rings is 1. The Morgan fingerprint density at radius 2 is 2.36 bits per heavy atom. The minimum absolute atomic E-state index is 0.471. The van der Waals surface area contributed by atoms with E-state index in [9.17, 15) is 4.79 Å². The molecule has 0 aliphatic carbocycles. The van der Waals surface area contributed by atoms with Gasteiger partial charge < -0.3 is 15.2 Å². The molecule has 0 aromatic heterocycles. The average Bonchev–Trinajstić information content (AvgIpc) is 2.18. The van der Waals surface area contributed by atoms with E-state index in [1.165, 1.54) is 7.11 Å². The van der Waals surface area contributed by atoms with Crippen molar-refractivity contribution in [1.29, 1.82) is 0 Å². The summed E-state index contributed by atoms with van der Waals surface area (Å²) in [5, 5.41) is 11.1. The van der Waals surface area contributed by atoms with Crippen molar-refractivity contribution in [1.82, 2.24) is 0 Å². The van der Waals surface area contributed by atoms with E-state index in [1.54, 1.807) is 18.2 Å². The molecule has 0 fully saturated rings. The molecule has 1 amide bonds. The van der Waals surface area contributed by atoms with Gasteiger partial charge in [-0.2, -0.15) is 0 Å². The Morgan fingerprint density at radius 3 is 2.93 bits per heavy atom. The lowest BCUT2D eigenvalue weighted by Gasteiger charge is -2.09. The second-order valence-electron chi connectivity index (χ2n) is 2.55. The zero-order chi connectivity index (χ0) is 10.6. The van der Waals surface area contributed by atoms with Gasteiger partial charge in [-0.25, -0.2) is 0 Å². The van der Waals surface area contributed by atoms with Crippen LogP contribution in [-0.4, -0.2) is 24.7 Å². The Bertz CT molecular complexity index is 341. The van der Waals surface area contributed by atoms with Crippen molar-refractivity contribution < 1.29 is 14.6 Å². The van der Waals surface area contributed by atoms with Gasteiger partial charge in [0.1, 0.15) is 12.4 Å². The first-order chi connectivity index (χ1) is 6.67. The van der Waals surface area contributed by atoms with Gasteiger partial charge in [0.05, 0.1) is 12.8 Å². The van der Waals surface area contributed by atoms with Gasteiger partial charge in [0.25, 0.3) is 0 Å². The number of hydrogen-bond donors (Lipinski definition) is 2. The van der Waals surface area contributed by atoms with Gasteiger partial charge in [0, 0.05) is 4.47 Å². The number of halogens is 1. The molecule has 0 unspecified atom stereocenters. The van der Waals surface area contributed by atoms with E-state index in [2.05, 4.69) is 21.2 Å². The molecule has 76 valence electrons. The third-order valence-corrected chi connectivity index (χ3v) is 2.07. The Balaban J connectivity index is 2.93. The van der Waals surface area contributed by atoms with Gasteiger partial charge in [-0.1, -0.05) is 15.9 Å². The summed E-state index contributed by atoms with van der Waals surface area (Å²) in [6.45, 7) is -0.546. The number of nitrogens with one attached hydrogen (secondary N) is 1. The third kappa shape index (κ3) is 2.71. The Kier molecular flexibility index (Phi) is 3.91. The first kappa shape index (κ1) is 11.0. The first-order valence-corrected chi connectivity index (χ1v) is 4.71. The molecule has 4 nitrogen and oxygen atoms in total. The predicted molar refractivity (Wildman–Crippen MR) is 56.4 cm³/mol. The van der Waals surface area contributed by atoms with Crippen LogP contribution in [0.5, 0.6) is 5.75 Å².